The molecule has 0 fully saturated rings. The number of phenols is 1. The highest BCUT2D eigenvalue weighted by molar-refractivity contribution is 5.62. The topological polar surface area (TPSA) is 82.1 Å². The number of benzene rings is 4. The number of fused-ring (bicyclic) bond motifs is 2. The zero-order chi connectivity index (χ0) is 33.1. The standard InChI is InChI=1S/C38H44N2O7/c1-39-15-13-27-20-36(44-5)38(45-6)37(30(27)22-39)47-35-21-29-26(19-34(35)43-4)14-16-40(2)31(29)17-24-7-10-28(11-8-24)46-33-18-25(23-42-3)9-12-32(33)41/h7-12,18-21,31,41H,13-17,22-23H2,1-6H3. The van der Waals surface area contributed by atoms with E-state index in [0.29, 0.717) is 46.9 Å². The van der Waals surface area contributed by atoms with E-state index in [4.69, 9.17) is 28.4 Å². The van der Waals surface area contributed by atoms with Crippen LogP contribution in [-0.4, -0.2) is 70.5 Å². The summed E-state index contributed by atoms with van der Waals surface area (Å²) in [5, 5.41) is 10.3. The van der Waals surface area contributed by atoms with Crippen LogP contribution in [0, 0.1) is 0 Å². The van der Waals surface area contributed by atoms with E-state index in [0.717, 1.165) is 50.0 Å². The van der Waals surface area contributed by atoms with Gasteiger partial charge in [-0.15, -0.1) is 0 Å². The quantitative estimate of drug-likeness (QED) is 0.188. The van der Waals surface area contributed by atoms with E-state index in [1.165, 1.54) is 22.3 Å². The van der Waals surface area contributed by atoms with Crippen molar-refractivity contribution in [3.05, 3.63) is 94.0 Å². The van der Waals surface area contributed by atoms with Gasteiger partial charge in [0.15, 0.2) is 34.5 Å². The molecule has 0 amide bonds. The van der Waals surface area contributed by atoms with Gasteiger partial charge in [-0.2, -0.15) is 0 Å². The Kier molecular flexibility index (Phi) is 9.77. The first kappa shape index (κ1) is 32.5. The second-order valence-corrected chi connectivity index (χ2v) is 12.3. The number of ether oxygens (including phenoxy) is 6. The summed E-state index contributed by atoms with van der Waals surface area (Å²) < 4.78 is 35.5. The van der Waals surface area contributed by atoms with Crippen molar-refractivity contribution in [2.24, 2.45) is 0 Å². The molecular weight excluding hydrogens is 596 g/mol. The van der Waals surface area contributed by atoms with Gasteiger partial charge in [0.1, 0.15) is 5.75 Å². The Labute approximate surface area is 277 Å². The van der Waals surface area contributed by atoms with Crippen molar-refractivity contribution in [1.82, 2.24) is 9.80 Å². The normalized spacial score (nSPS) is 16.3. The van der Waals surface area contributed by atoms with Crippen molar-refractivity contribution in [1.29, 1.82) is 0 Å². The lowest BCUT2D eigenvalue weighted by atomic mass is 9.88. The molecule has 1 atom stereocenters. The Morgan fingerprint density at radius 2 is 1.43 bits per heavy atom. The van der Waals surface area contributed by atoms with Gasteiger partial charge >= 0.3 is 0 Å². The average Bonchev–Trinajstić information content (AvgIpc) is 3.08. The van der Waals surface area contributed by atoms with Crippen LogP contribution < -0.4 is 23.7 Å². The summed E-state index contributed by atoms with van der Waals surface area (Å²) in [4.78, 5) is 4.68. The van der Waals surface area contributed by atoms with Crippen LogP contribution in [0.4, 0.5) is 0 Å². The summed E-state index contributed by atoms with van der Waals surface area (Å²) in [6.07, 6.45) is 2.62. The van der Waals surface area contributed by atoms with E-state index >= 15 is 0 Å². The Morgan fingerprint density at radius 1 is 0.702 bits per heavy atom. The second-order valence-electron chi connectivity index (χ2n) is 12.3. The van der Waals surface area contributed by atoms with E-state index in [-0.39, 0.29) is 11.8 Å². The molecule has 0 radical (unpaired) electrons. The van der Waals surface area contributed by atoms with Gasteiger partial charge in [-0.25, -0.2) is 0 Å². The summed E-state index contributed by atoms with van der Waals surface area (Å²) in [5.41, 5.74) is 6.87. The largest absolute Gasteiger partial charge is 0.504 e. The first-order valence-electron chi connectivity index (χ1n) is 15.9. The summed E-state index contributed by atoms with van der Waals surface area (Å²) in [6, 6.07) is 19.7. The minimum atomic E-state index is 0.0851. The van der Waals surface area contributed by atoms with E-state index in [9.17, 15) is 5.11 Å². The van der Waals surface area contributed by atoms with E-state index in [1.54, 1.807) is 40.6 Å². The third kappa shape index (κ3) is 6.83. The number of hydrogen-bond acceptors (Lipinski definition) is 9. The predicted molar refractivity (Wildman–Crippen MR) is 181 cm³/mol. The van der Waals surface area contributed by atoms with Crippen molar-refractivity contribution in [3.63, 3.8) is 0 Å². The van der Waals surface area contributed by atoms with E-state index in [1.807, 2.05) is 18.2 Å². The van der Waals surface area contributed by atoms with Crippen LogP contribution in [0.5, 0.6) is 46.0 Å². The Hall–Kier alpha value is -4.44. The second kappa shape index (κ2) is 14.1. The molecule has 2 aliphatic rings. The Morgan fingerprint density at radius 3 is 2.15 bits per heavy atom. The van der Waals surface area contributed by atoms with Gasteiger partial charge < -0.3 is 38.4 Å². The van der Waals surface area contributed by atoms with Crippen molar-refractivity contribution >= 4 is 0 Å². The third-order valence-corrected chi connectivity index (χ3v) is 9.19. The molecule has 0 aliphatic carbocycles. The summed E-state index contributed by atoms with van der Waals surface area (Å²) in [6.45, 7) is 3.09. The summed E-state index contributed by atoms with van der Waals surface area (Å²) in [5.74, 6) is 4.38. The van der Waals surface area contributed by atoms with Crippen LogP contribution in [0.15, 0.2) is 60.7 Å². The van der Waals surface area contributed by atoms with Gasteiger partial charge in [0.05, 0.1) is 27.9 Å². The highest BCUT2D eigenvalue weighted by Crippen LogP contribution is 2.48. The molecule has 4 aromatic rings. The lowest BCUT2D eigenvalue weighted by Gasteiger charge is -2.35. The first-order valence-corrected chi connectivity index (χ1v) is 15.9. The van der Waals surface area contributed by atoms with Crippen molar-refractivity contribution in [2.75, 3.05) is 55.6 Å². The molecule has 0 saturated carbocycles. The number of phenolic OH excluding ortho intramolecular Hbond substituents is 1. The van der Waals surface area contributed by atoms with Crippen LogP contribution in [0.1, 0.15) is 39.4 Å². The van der Waals surface area contributed by atoms with E-state index in [2.05, 4.69) is 54.2 Å². The van der Waals surface area contributed by atoms with Crippen molar-refractivity contribution < 1.29 is 33.5 Å². The molecule has 6 rings (SSSR count). The molecule has 0 aromatic heterocycles. The van der Waals surface area contributed by atoms with E-state index < -0.39 is 0 Å². The van der Waals surface area contributed by atoms with Crippen LogP contribution >= 0.6 is 0 Å². The Bertz CT molecular complexity index is 1720. The fraction of sp³-hybridized carbons (Fsp3) is 0.368. The number of aromatic hydroxyl groups is 1. The van der Waals surface area contributed by atoms with Crippen LogP contribution in [0.2, 0.25) is 0 Å². The van der Waals surface area contributed by atoms with Crippen molar-refractivity contribution in [2.45, 2.75) is 38.5 Å². The maximum absolute atomic E-state index is 10.3. The predicted octanol–water partition coefficient (Wildman–Crippen LogP) is 6.91. The SMILES string of the molecule is COCc1ccc(O)c(Oc2ccc(CC3c4cc(Oc5c6c(cc(OC)c5OC)CCN(C)C6)c(OC)cc4CCN3C)cc2)c1. The zero-order valence-electron chi connectivity index (χ0n) is 28.1. The highest BCUT2D eigenvalue weighted by atomic mass is 16.5. The number of hydrogen-bond donors (Lipinski definition) is 1. The number of methoxy groups -OCH3 is 4. The summed E-state index contributed by atoms with van der Waals surface area (Å²) >= 11 is 0. The average molecular weight is 641 g/mol. The molecule has 47 heavy (non-hydrogen) atoms. The molecule has 1 N–H and O–H groups in total. The molecule has 0 bridgehead atoms. The molecule has 1 unspecified atom stereocenters. The molecular formula is C38H44N2O7. The van der Waals surface area contributed by atoms with Gasteiger partial charge in [0.2, 0.25) is 5.75 Å². The molecule has 248 valence electrons. The van der Waals surface area contributed by atoms with Crippen LogP contribution in [0.3, 0.4) is 0 Å². The smallest absolute Gasteiger partial charge is 0.204 e. The molecule has 0 spiro atoms. The lowest BCUT2D eigenvalue weighted by Crippen LogP contribution is -2.33. The van der Waals surface area contributed by atoms with Crippen LogP contribution in [0.25, 0.3) is 0 Å². The molecule has 4 aromatic carbocycles. The first-order chi connectivity index (χ1) is 22.8. The monoisotopic (exact) mass is 640 g/mol. The van der Waals surface area contributed by atoms with Crippen molar-refractivity contribution in [3.8, 4) is 46.0 Å². The molecule has 2 aliphatic heterocycles. The molecule has 9 heteroatoms. The fourth-order valence-corrected chi connectivity index (χ4v) is 6.61. The zero-order valence-corrected chi connectivity index (χ0v) is 28.1. The maximum atomic E-state index is 10.3. The van der Waals surface area contributed by atoms with Gasteiger partial charge in [0.25, 0.3) is 0 Å². The number of likely N-dealkylation sites (N-methyl/N-ethyl adjacent to an activating group) is 2. The van der Waals surface area contributed by atoms with Gasteiger partial charge in [-0.05, 0) is 104 Å². The minimum Gasteiger partial charge on any atom is -0.504 e. The van der Waals surface area contributed by atoms with Gasteiger partial charge in [0, 0.05) is 38.3 Å². The molecule has 2 heterocycles. The number of nitrogens with zero attached hydrogens (tertiary/aromatic N) is 2. The summed E-state index contributed by atoms with van der Waals surface area (Å²) in [7, 11) is 10.9. The lowest BCUT2D eigenvalue weighted by molar-refractivity contribution is 0.184. The highest BCUT2D eigenvalue weighted by Gasteiger charge is 2.30. The maximum Gasteiger partial charge on any atom is 0.204 e. The fourth-order valence-electron chi connectivity index (χ4n) is 6.61. The minimum absolute atomic E-state index is 0.0851. The number of rotatable bonds is 11. The third-order valence-electron chi connectivity index (χ3n) is 9.19. The van der Waals surface area contributed by atoms with Crippen LogP contribution in [-0.2, 0) is 37.2 Å². The van der Waals surface area contributed by atoms with Gasteiger partial charge in [-0.3, -0.25) is 4.90 Å². The molecule has 0 saturated heterocycles. The molecule has 9 nitrogen and oxygen atoms in total. The Balaban J connectivity index is 1.29. The van der Waals surface area contributed by atoms with Gasteiger partial charge in [-0.1, -0.05) is 18.2 Å².